The number of rotatable bonds is 6. The molecule has 0 atom stereocenters. The van der Waals surface area contributed by atoms with Crippen LogP contribution in [0.2, 0.25) is 0 Å². The van der Waals surface area contributed by atoms with Crippen LogP contribution in [0.4, 0.5) is 0 Å². The Bertz CT molecular complexity index is 1090. The molecule has 4 rings (SSSR count). The third-order valence-electron chi connectivity index (χ3n) is 4.74. The van der Waals surface area contributed by atoms with Gasteiger partial charge in [-0.3, -0.25) is 4.79 Å². The maximum Gasteiger partial charge on any atom is 0.189 e. The van der Waals surface area contributed by atoms with Gasteiger partial charge in [-0.25, -0.2) is 0 Å². The van der Waals surface area contributed by atoms with Gasteiger partial charge in [0.1, 0.15) is 28.7 Å². The van der Waals surface area contributed by atoms with Gasteiger partial charge >= 0.3 is 0 Å². The van der Waals surface area contributed by atoms with Gasteiger partial charge in [-0.1, -0.05) is 42.5 Å². The zero-order chi connectivity index (χ0) is 21.0. The summed E-state index contributed by atoms with van der Waals surface area (Å²) in [6, 6.07) is 25.7. The van der Waals surface area contributed by atoms with Crippen molar-refractivity contribution < 1.29 is 14.3 Å². The summed E-state index contributed by atoms with van der Waals surface area (Å²) in [4.78, 5) is 12.9. The van der Waals surface area contributed by atoms with Gasteiger partial charge in [-0.05, 0) is 54.6 Å². The van der Waals surface area contributed by atoms with Crippen molar-refractivity contribution in [2.24, 2.45) is 11.5 Å². The lowest BCUT2D eigenvalue weighted by Crippen LogP contribution is -2.54. The molecule has 0 heterocycles. The van der Waals surface area contributed by atoms with Gasteiger partial charge in [0, 0.05) is 17.6 Å². The lowest BCUT2D eigenvalue weighted by atomic mass is 9.89. The molecule has 0 fully saturated rings. The monoisotopic (exact) mass is 398 g/mol. The fourth-order valence-electron chi connectivity index (χ4n) is 3.18. The summed E-state index contributed by atoms with van der Waals surface area (Å²) in [5.41, 5.74) is 12.3. The van der Waals surface area contributed by atoms with Crippen LogP contribution in [0.1, 0.15) is 16.8 Å². The second kappa shape index (κ2) is 8.37. The lowest BCUT2D eigenvalue weighted by molar-refractivity contribution is 0.102. The van der Waals surface area contributed by atoms with E-state index in [1.54, 1.807) is 36.4 Å². The molecule has 4 N–H and O–H groups in total. The Balaban J connectivity index is 1.49. The molecule has 0 unspecified atom stereocenters. The van der Waals surface area contributed by atoms with Crippen LogP contribution in [0.3, 0.4) is 0 Å². The Labute approximate surface area is 175 Å². The Hall–Kier alpha value is -3.67. The quantitative estimate of drug-likeness (QED) is 0.469. The third-order valence-corrected chi connectivity index (χ3v) is 4.74. The van der Waals surface area contributed by atoms with Crippen LogP contribution in [0.15, 0.2) is 108 Å². The van der Waals surface area contributed by atoms with E-state index in [0.717, 1.165) is 5.75 Å². The summed E-state index contributed by atoms with van der Waals surface area (Å²) in [5, 5.41) is 0. The predicted molar refractivity (Wildman–Crippen MR) is 116 cm³/mol. The van der Waals surface area contributed by atoms with Gasteiger partial charge in [0.2, 0.25) is 0 Å². The van der Waals surface area contributed by atoms with Crippen molar-refractivity contribution in [2.45, 2.75) is 12.1 Å². The third kappa shape index (κ3) is 4.49. The first-order chi connectivity index (χ1) is 14.5. The number of Topliss-reactive ketones (excluding diaryl/α,β-unsaturated/α-hetero) is 1. The van der Waals surface area contributed by atoms with E-state index in [9.17, 15) is 4.79 Å². The lowest BCUT2D eigenvalue weighted by Gasteiger charge is -2.30. The van der Waals surface area contributed by atoms with Crippen molar-refractivity contribution in [1.29, 1.82) is 0 Å². The molecule has 150 valence electrons. The van der Waals surface area contributed by atoms with E-state index in [2.05, 4.69) is 0 Å². The minimum Gasteiger partial charge on any atom is -0.458 e. The molecule has 1 aliphatic rings. The number of carbonyl (C=O) groups excluding carboxylic acids is 1. The van der Waals surface area contributed by atoms with Gasteiger partial charge in [0.25, 0.3) is 0 Å². The first-order valence-corrected chi connectivity index (χ1v) is 9.61. The van der Waals surface area contributed by atoms with E-state index in [1.807, 2.05) is 60.7 Å². The molecule has 5 nitrogen and oxygen atoms in total. The highest BCUT2D eigenvalue weighted by atomic mass is 16.5. The molecule has 0 spiro atoms. The van der Waals surface area contributed by atoms with Crippen molar-refractivity contribution in [3.63, 3.8) is 0 Å². The van der Waals surface area contributed by atoms with Crippen molar-refractivity contribution in [1.82, 2.24) is 0 Å². The molecular formula is C25H22N2O3. The summed E-state index contributed by atoms with van der Waals surface area (Å²) in [7, 11) is 0. The summed E-state index contributed by atoms with van der Waals surface area (Å²) in [6.45, 7) is 0. The Morgan fingerprint density at radius 2 is 1.23 bits per heavy atom. The van der Waals surface area contributed by atoms with Crippen LogP contribution in [0.25, 0.3) is 0 Å². The predicted octanol–water partition coefficient (Wildman–Crippen LogP) is 4.57. The van der Waals surface area contributed by atoms with Crippen molar-refractivity contribution in [2.75, 3.05) is 0 Å². The highest BCUT2D eigenvalue weighted by Gasteiger charge is 2.33. The molecule has 1 aliphatic carbocycles. The summed E-state index contributed by atoms with van der Waals surface area (Å²) >= 11 is 0. The molecule has 0 aliphatic heterocycles. The Morgan fingerprint density at radius 3 is 1.80 bits per heavy atom. The van der Waals surface area contributed by atoms with Crippen LogP contribution in [0.5, 0.6) is 17.2 Å². The number of ether oxygens (including phenoxy) is 2. The molecule has 0 saturated heterocycles. The van der Waals surface area contributed by atoms with Crippen molar-refractivity contribution >= 4 is 5.78 Å². The fraction of sp³-hybridized carbons (Fsp3) is 0.0800. The molecule has 0 saturated carbocycles. The molecule has 0 aromatic heterocycles. The molecular weight excluding hydrogens is 376 g/mol. The summed E-state index contributed by atoms with van der Waals surface area (Å²) in [5.74, 6) is 2.31. The SMILES string of the molecule is NC1(N)CC(C(=O)c2ccc(Oc3ccccc3)cc2)=CC=C1Oc1ccccc1. The van der Waals surface area contributed by atoms with Crippen LogP contribution >= 0.6 is 0 Å². The van der Waals surface area contributed by atoms with Crippen LogP contribution in [-0.4, -0.2) is 11.4 Å². The number of nitrogens with two attached hydrogens (primary N) is 2. The van der Waals surface area contributed by atoms with Gasteiger partial charge in [-0.2, -0.15) is 0 Å². The van der Waals surface area contributed by atoms with E-state index in [1.165, 1.54) is 0 Å². The average Bonchev–Trinajstić information content (AvgIpc) is 2.76. The molecule has 0 radical (unpaired) electrons. The fourth-order valence-corrected chi connectivity index (χ4v) is 3.18. The van der Waals surface area contributed by atoms with E-state index in [0.29, 0.717) is 28.4 Å². The summed E-state index contributed by atoms with van der Waals surface area (Å²) in [6.07, 6.45) is 3.55. The number of hydrogen-bond donors (Lipinski definition) is 2. The molecule has 0 bridgehead atoms. The standard InChI is InChI=1S/C25H22N2O3/c26-25(27)17-19(13-16-23(25)30-21-9-5-2-6-10-21)24(28)18-11-14-22(15-12-18)29-20-7-3-1-4-8-20/h1-16H,17,26-27H2. The normalized spacial score (nSPS) is 15.0. The number of para-hydroxylation sites is 2. The van der Waals surface area contributed by atoms with E-state index in [4.69, 9.17) is 20.9 Å². The van der Waals surface area contributed by atoms with Crippen LogP contribution in [0, 0.1) is 0 Å². The minimum absolute atomic E-state index is 0.128. The van der Waals surface area contributed by atoms with Gasteiger partial charge in [0.15, 0.2) is 5.78 Å². The number of hydrogen-bond acceptors (Lipinski definition) is 5. The first-order valence-electron chi connectivity index (χ1n) is 9.61. The molecule has 5 heteroatoms. The molecule has 3 aromatic carbocycles. The van der Waals surface area contributed by atoms with E-state index in [-0.39, 0.29) is 12.2 Å². The van der Waals surface area contributed by atoms with E-state index >= 15 is 0 Å². The highest BCUT2D eigenvalue weighted by molar-refractivity contribution is 6.09. The zero-order valence-corrected chi connectivity index (χ0v) is 16.3. The Kier molecular flexibility index (Phi) is 5.48. The first kappa shape index (κ1) is 19.6. The smallest absolute Gasteiger partial charge is 0.189 e. The number of benzene rings is 3. The second-order valence-corrected chi connectivity index (χ2v) is 7.12. The molecule has 0 amide bonds. The minimum atomic E-state index is -1.27. The number of ketones is 1. The largest absolute Gasteiger partial charge is 0.458 e. The van der Waals surface area contributed by atoms with Crippen molar-refractivity contribution in [3.8, 4) is 17.2 Å². The highest BCUT2D eigenvalue weighted by Crippen LogP contribution is 2.29. The zero-order valence-electron chi connectivity index (χ0n) is 16.3. The topological polar surface area (TPSA) is 87.6 Å². The van der Waals surface area contributed by atoms with Crippen LogP contribution in [-0.2, 0) is 0 Å². The number of carbonyl (C=O) groups is 1. The maximum atomic E-state index is 12.9. The average molecular weight is 398 g/mol. The van der Waals surface area contributed by atoms with Crippen LogP contribution < -0.4 is 20.9 Å². The number of allylic oxidation sites excluding steroid dienone is 2. The molecule has 3 aromatic rings. The maximum absolute atomic E-state index is 12.9. The van der Waals surface area contributed by atoms with Gasteiger partial charge in [0.05, 0.1) is 0 Å². The van der Waals surface area contributed by atoms with Crippen molar-refractivity contribution in [3.05, 3.63) is 114 Å². The van der Waals surface area contributed by atoms with Gasteiger partial charge < -0.3 is 20.9 Å². The second-order valence-electron chi connectivity index (χ2n) is 7.12. The van der Waals surface area contributed by atoms with Gasteiger partial charge in [-0.15, -0.1) is 0 Å². The van der Waals surface area contributed by atoms with E-state index < -0.39 is 5.66 Å². The molecule has 30 heavy (non-hydrogen) atoms. The summed E-state index contributed by atoms with van der Waals surface area (Å²) < 4.78 is 11.6. The Morgan fingerprint density at radius 1 is 0.700 bits per heavy atom.